The lowest BCUT2D eigenvalue weighted by Gasteiger charge is -2.29. The third-order valence-electron chi connectivity index (χ3n) is 4.55. The van der Waals surface area contributed by atoms with Crippen molar-refractivity contribution >= 4 is 63.7 Å². The number of aromatic nitrogens is 1. The maximum absolute atomic E-state index is 13.3. The molecule has 152 valence electrons. The summed E-state index contributed by atoms with van der Waals surface area (Å²) in [5.41, 5.74) is 1.64. The molecule has 0 spiro atoms. The molecule has 1 aromatic heterocycles. The number of hydrazine groups is 1. The van der Waals surface area contributed by atoms with E-state index in [2.05, 4.69) is 10.3 Å². The van der Waals surface area contributed by atoms with Gasteiger partial charge in [0.05, 0.1) is 34.8 Å². The largest absolute Gasteiger partial charge is 0.324 e. The van der Waals surface area contributed by atoms with Crippen LogP contribution in [0.4, 0.5) is 17.1 Å². The first-order valence-electron chi connectivity index (χ1n) is 8.96. The quantitative estimate of drug-likeness (QED) is 0.551. The van der Waals surface area contributed by atoms with Crippen molar-refractivity contribution in [1.82, 2.24) is 4.98 Å². The van der Waals surface area contributed by atoms with Crippen molar-refractivity contribution in [3.05, 3.63) is 82.1 Å². The van der Waals surface area contributed by atoms with Gasteiger partial charge in [0, 0.05) is 16.2 Å². The Kier molecular flexibility index (Phi) is 5.81. The summed E-state index contributed by atoms with van der Waals surface area (Å²) in [4.78, 5) is 30.2. The molecule has 0 radical (unpaired) electrons. The Morgan fingerprint density at radius 3 is 2.27 bits per heavy atom. The zero-order chi connectivity index (χ0) is 21.3. The molecular weight excluding hydrogens is 447 g/mol. The number of carbonyl (C=O) groups is 2. The monoisotopic (exact) mass is 460 g/mol. The maximum atomic E-state index is 13.3. The van der Waals surface area contributed by atoms with E-state index < -0.39 is 11.8 Å². The number of carbonyl (C=O) groups excluding carboxylic acids is 2. The minimum Gasteiger partial charge on any atom is -0.324 e. The summed E-state index contributed by atoms with van der Waals surface area (Å²) in [5.74, 6) is -1.80. The highest BCUT2D eigenvalue weighted by Crippen LogP contribution is 2.33. The molecule has 1 aliphatic heterocycles. The number of rotatable bonds is 4. The van der Waals surface area contributed by atoms with Crippen LogP contribution in [0.15, 0.2) is 67.0 Å². The zero-order valence-electron chi connectivity index (χ0n) is 15.4. The number of benzene rings is 2. The summed E-state index contributed by atoms with van der Waals surface area (Å²) in [6.07, 6.45) is 2.92. The number of nitrogens with one attached hydrogen (secondary N) is 1. The van der Waals surface area contributed by atoms with E-state index in [-0.39, 0.29) is 12.5 Å². The van der Waals surface area contributed by atoms with Crippen molar-refractivity contribution in [3.8, 4) is 0 Å². The molecule has 2 heterocycles. The molecule has 4 rings (SSSR count). The first kappa shape index (κ1) is 20.5. The van der Waals surface area contributed by atoms with Crippen LogP contribution in [0.1, 0.15) is 0 Å². The highest BCUT2D eigenvalue weighted by atomic mass is 35.5. The molecule has 0 bridgehead atoms. The van der Waals surface area contributed by atoms with E-state index in [4.69, 9.17) is 34.8 Å². The fraction of sp³-hybridized carbons (Fsp3) is 0.0952. The zero-order valence-corrected chi connectivity index (χ0v) is 17.7. The number of hydrogen-bond donors (Lipinski definition) is 1. The molecule has 0 saturated carbocycles. The van der Waals surface area contributed by atoms with Gasteiger partial charge in [-0.05, 0) is 42.5 Å². The highest BCUT2D eigenvalue weighted by Gasteiger charge is 2.43. The summed E-state index contributed by atoms with van der Waals surface area (Å²) in [5, 5.41) is 7.24. The summed E-state index contributed by atoms with van der Waals surface area (Å²) < 4.78 is 0. The third-order valence-corrected chi connectivity index (χ3v) is 5.23. The Morgan fingerprint density at radius 2 is 1.60 bits per heavy atom. The van der Waals surface area contributed by atoms with Gasteiger partial charge < -0.3 is 5.32 Å². The van der Waals surface area contributed by atoms with Crippen molar-refractivity contribution in [2.24, 2.45) is 5.92 Å². The van der Waals surface area contributed by atoms with Crippen LogP contribution in [0.3, 0.4) is 0 Å². The molecule has 1 N–H and O–H groups in total. The van der Waals surface area contributed by atoms with Crippen molar-refractivity contribution in [2.75, 3.05) is 21.9 Å². The van der Waals surface area contributed by atoms with E-state index >= 15 is 0 Å². The first-order valence-corrected chi connectivity index (χ1v) is 10.1. The molecule has 0 aliphatic carbocycles. The number of hydrogen-bond acceptors (Lipinski definition) is 4. The summed E-state index contributed by atoms with van der Waals surface area (Å²) >= 11 is 18.2. The van der Waals surface area contributed by atoms with Gasteiger partial charge in [-0.2, -0.15) is 0 Å². The minimum absolute atomic E-state index is 0.130. The lowest BCUT2D eigenvalue weighted by molar-refractivity contribution is -0.128. The smallest absolute Gasteiger partial charge is 0.260 e. The summed E-state index contributed by atoms with van der Waals surface area (Å²) in [6, 6.07) is 15.5. The minimum atomic E-state index is -0.957. The van der Waals surface area contributed by atoms with Gasteiger partial charge in [0.2, 0.25) is 5.91 Å². The molecule has 2 amide bonds. The molecule has 1 saturated heterocycles. The Balaban J connectivity index is 1.68. The second-order valence-electron chi connectivity index (χ2n) is 6.63. The van der Waals surface area contributed by atoms with E-state index in [0.29, 0.717) is 32.1 Å². The van der Waals surface area contributed by atoms with Gasteiger partial charge in [-0.15, -0.1) is 0 Å². The topological polar surface area (TPSA) is 65.5 Å². The van der Waals surface area contributed by atoms with Gasteiger partial charge in [0.25, 0.3) is 5.91 Å². The predicted molar refractivity (Wildman–Crippen MR) is 119 cm³/mol. The lowest BCUT2D eigenvalue weighted by Crippen LogP contribution is -2.39. The summed E-state index contributed by atoms with van der Waals surface area (Å²) in [6.45, 7) is 0.130. The van der Waals surface area contributed by atoms with E-state index in [1.165, 1.54) is 17.4 Å². The molecule has 3 aromatic rings. The van der Waals surface area contributed by atoms with Gasteiger partial charge in [0.15, 0.2) is 0 Å². The van der Waals surface area contributed by atoms with E-state index in [1.807, 2.05) is 6.07 Å². The first-order chi connectivity index (χ1) is 14.4. The van der Waals surface area contributed by atoms with Crippen LogP contribution in [0.5, 0.6) is 0 Å². The van der Waals surface area contributed by atoms with Crippen LogP contribution < -0.4 is 15.3 Å². The van der Waals surface area contributed by atoms with E-state index in [9.17, 15) is 9.59 Å². The Bertz CT molecular complexity index is 1120. The fourth-order valence-electron chi connectivity index (χ4n) is 3.24. The van der Waals surface area contributed by atoms with Gasteiger partial charge in [-0.3, -0.25) is 19.6 Å². The fourth-order valence-corrected chi connectivity index (χ4v) is 3.78. The van der Waals surface area contributed by atoms with Crippen molar-refractivity contribution in [2.45, 2.75) is 0 Å². The predicted octanol–water partition coefficient (Wildman–Crippen LogP) is 5.06. The third kappa shape index (κ3) is 4.21. The second-order valence-corrected chi connectivity index (χ2v) is 7.93. The molecule has 6 nitrogen and oxygen atoms in total. The average molecular weight is 462 g/mol. The molecular formula is C21H15Cl3N4O2. The Morgan fingerprint density at radius 1 is 0.933 bits per heavy atom. The van der Waals surface area contributed by atoms with Crippen LogP contribution >= 0.6 is 34.8 Å². The van der Waals surface area contributed by atoms with Gasteiger partial charge >= 0.3 is 0 Å². The van der Waals surface area contributed by atoms with Gasteiger partial charge in [-0.1, -0.05) is 46.9 Å². The van der Waals surface area contributed by atoms with Crippen molar-refractivity contribution in [1.29, 1.82) is 0 Å². The number of amides is 2. The normalized spacial score (nSPS) is 16.1. The van der Waals surface area contributed by atoms with Crippen LogP contribution in [-0.4, -0.2) is 23.3 Å². The van der Waals surface area contributed by atoms with Crippen molar-refractivity contribution < 1.29 is 9.59 Å². The molecule has 1 atom stereocenters. The molecule has 30 heavy (non-hydrogen) atoms. The molecule has 1 aliphatic rings. The number of pyridine rings is 1. The lowest BCUT2D eigenvalue weighted by atomic mass is 10.1. The van der Waals surface area contributed by atoms with Crippen LogP contribution in [-0.2, 0) is 9.59 Å². The second kappa shape index (κ2) is 8.52. The molecule has 1 unspecified atom stereocenters. The van der Waals surface area contributed by atoms with Crippen molar-refractivity contribution in [3.63, 3.8) is 0 Å². The number of nitrogens with zero attached hydrogens (tertiary/aromatic N) is 3. The van der Waals surface area contributed by atoms with Gasteiger partial charge in [0.1, 0.15) is 5.92 Å². The number of anilines is 3. The Labute approximate surface area is 187 Å². The maximum Gasteiger partial charge on any atom is 0.260 e. The highest BCUT2D eigenvalue weighted by molar-refractivity contribution is 6.31. The van der Waals surface area contributed by atoms with Gasteiger partial charge in [-0.25, -0.2) is 5.01 Å². The number of halogens is 3. The van der Waals surface area contributed by atoms with Crippen LogP contribution in [0.25, 0.3) is 0 Å². The van der Waals surface area contributed by atoms with Crippen LogP contribution in [0, 0.1) is 5.92 Å². The Hall–Kier alpha value is -2.80. The SMILES string of the molecule is O=C(Nc1cncc(Cl)c1)C1CN(c2cccc(Cl)c2)N(c2cccc(Cl)c2)C1=O. The van der Waals surface area contributed by atoms with Crippen LogP contribution in [0.2, 0.25) is 15.1 Å². The molecule has 2 aromatic carbocycles. The molecule has 1 fully saturated rings. The summed E-state index contributed by atoms with van der Waals surface area (Å²) in [7, 11) is 0. The van der Waals surface area contributed by atoms with E-state index in [1.54, 1.807) is 53.5 Å². The van der Waals surface area contributed by atoms with E-state index in [0.717, 1.165) is 0 Å². The standard InChI is InChI=1S/C21H15Cl3N4O2/c22-13-3-1-5-17(8-13)27-12-19(20(29)26-16-7-15(24)10-25-11-16)21(30)28(27)18-6-2-4-14(23)9-18/h1-11,19H,12H2,(H,26,29). The molecule has 9 heteroatoms. The average Bonchev–Trinajstić information content (AvgIpc) is 3.05.